The average Bonchev–Trinajstić information content (AvgIpc) is 3.16. The van der Waals surface area contributed by atoms with Crippen molar-refractivity contribution in [1.29, 1.82) is 0 Å². The first kappa shape index (κ1) is 20.9. The molecule has 1 N–H and O–H groups in total. The molecule has 0 saturated heterocycles. The number of aromatic nitrogens is 2. The molecule has 2 aromatic carbocycles. The van der Waals surface area contributed by atoms with Gasteiger partial charge < -0.3 is 0 Å². The third-order valence-electron chi connectivity index (χ3n) is 5.39. The van der Waals surface area contributed by atoms with E-state index in [4.69, 9.17) is 0 Å². The minimum atomic E-state index is -0.645. The number of benzene rings is 2. The van der Waals surface area contributed by atoms with Crippen molar-refractivity contribution >= 4 is 27.3 Å². The van der Waals surface area contributed by atoms with E-state index >= 15 is 0 Å². The smallest absolute Gasteiger partial charge is 0.298 e. The van der Waals surface area contributed by atoms with Crippen LogP contribution in [0.25, 0.3) is 21.3 Å². The van der Waals surface area contributed by atoms with E-state index < -0.39 is 29.4 Å². The van der Waals surface area contributed by atoms with Crippen molar-refractivity contribution < 1.29 is 9.18 Å². The van der Waals surface area contributed by atoms with E-state index in [1.807, 2.05) is 29.6 Å². The zero-order valence-corrected chi connectivity index (χ0v) is 18.2. The van der Waals surface area contributed by atoms with Crippen LogP contribution >= 0.6 is 11.3 Å². The van der Waals surface area contributed by atoms with Gasteiger partial charge in [0.25, 0.3) is 5.56 Å². The molecule has 2 aromatic heterocycles. The number of H-pyrrole nitrogens is 1. The molecule has 0 atom stereocenters. The lowest BCUT2D eigenvalue weighted by Crippen LogP contribution is -2.37. The topological polar surface area (TPSA) is 71.9 Å². The van der Waals surface area contributed by atoms with Crippen LogP contribution in [0.5, 0.6) is 0 Å². The normalized spacial score (nSPS) is 11.4. The van der Waals surface area contributed by atoms with Crippen molar-refractivity contribution in [3.63, 3.8) is 0 Å². The Bertz CT molecular complexity index is 1410. The Labute approximate surface area is 181 Å². The Morgan fingerprint density at radius 1 is 1.13 bits per heavy atom. The summed E-state index contributed by atoms with van der Waals surface area (Å²) < 4.78 is 14.4. The van der Waals surface area contributed by atoms with Gasteiger partial charge in [-0.05, 0) is 47.7 Å². The molecule has 0 amide bonds. The number of hydrogen-bond acceptors (Lipinski definition) is 4. The fourth-order valence-electron chi connectivity index (χ4n) is 3.51. The van der Waals surface area contributed by atoms with E-state index in [0.717, 1.165) is 15.7 Å². The number of Topliss-reactive ketones (excluding diaryl/α,β-unsaturated/α-hetero) is 1. The third kappa shape index (κ3) is 3.88. The van der Waals surface area contributed by atoms with Crippen LogP contribution in [0, 0.1) is 12.7 Å². The molecular weight excluding hydrogens is 415 g/mol. The molecule has 0 unspecified atom stereocenters. The highest BCUT2D eigenvalue weighted by molar-refractivity contribution is 7.17. The van der Waals surface area contributed by atoms with Crippen molar-refractivity contribution in [2.24, 2.45) is 0 Å². The molecule has 0 spiro atoms. The number of thiophene rings is 1. The van der Waals surface area contributed by atoms with Gasteiger partial charge in [0, 0.05) is 16.5 Å². The Morgan fingerprint density at radius 2 is 1.84 bits per heavy atom. The number of rotatable bonds is 5. The number of nitrogens with one attached hydrogen (secondary N) is 1. The molecule has 4 rings (SSSR count). The SMILES string of the molecule is Cc1cc(C(=O)Cn2c(=O)[nH]c3scc(-c4ccc(C(C)C)cc4)c3c2=O)ccc1F. The Hall–Kier alpha value is -3.32. The van der Waals surface area contributed by atoms with Gasteiger partial charge in [-0.15, -0.1) is 11.3 Å². The number of hydrogen-bond donors (Lipinski definition) is 1. The standard InChI is InChI=1S/C24H21FN2O3S/c1-13(2)15-4-6-16(7-5-15)18-12-31-22-21(18)23(29)27(24(30)26-22)11-20(28)17-8-9-19(25)14(3)10-17/h4-10,12-13H,11H2,1-3H3,(H,26,30). The second-order valence-corrected chi connectivity index (χ2v) is 8.72. The lowest BCUT2D eigenvalue weighted by molar-refractivity contribution is 0.0969. The van der Waals surface area contributed by atoms with E-state index in [9.17, 15) is 18.8 Å². The summed E-state index contributed by atoms with van der Waals surface area (Å²) in [7, 11) is 0. The van der Waals surface area contributed by atoms with E-state index in [1.165, 1.54) is 35.1 Å². The number of halogens is 1. The first-order valence-corrected chi connectivity index (χ1v) is 10.8. The van der Waals surface area contributed by atoms with Crippen molar-refractivity contribution in [2.45, 2.75) is 33.2 Å². The summed E-state index contributed by atoms with van der Waals surface area (Å²) in [6.45, 7) is 5.35. The Balaban J connectivity index is 1.77. The van der Waals surface area contributed by atoms with Gasteiger partial charge in [-0.2, -0.15) is 0 Å². The molecular formula is C24H21FN2O3S. The number of nitrogens with zero attached hydrogens (tertiary/aromatic N) is 1. The van der Waals surface area contributed by atoms with Gasteiger partial charge in [-0.3, -0.25) is 19.1 Å². The maximum Gasteiger partial charge on any atom is 0.329 e. The predicted octanol–water partition coefficient (Wildman–Crippen LogP) is 4.87. The maximum atomic E-state index is 13.5. The average molecular weight is 437 g/mol. The number of ketones is 1. The first-order valence-electron chi connectivity index (χ1n) is 9.90. The van der Waals surface area contributed by atoms with Gasteiger partial charge in [0.2, 0.25) is 0 Å². The van der Waals surface area contributed by atoms with Crippen LogP contribution in [0.1, 0.15) is 41.3 Å². The van der Waals surface area contributed by atoms with Gasteiger partial charge in [-0.25, -0.2) is 9.18 Å². The number of aromatic amines is 1. The minimum absolute atomic E-state index is 0.250. The molecule has 0 aliphatic heterocycles. The van der Waals surface area contributed by atoms with Crippen LogP contribution in [-0.2, 0) is 6.54 Å². The molecule has 0 saturated carbocycles. The van der Waals surface area contributed by atoms with E-state index in [1.54, 1.807) is 6.92 Å². The zero-order chi connectivity index (χ0) is 22.3. The second kappa shape index (κ2) is 8.07. The Kier molecular flexibility index (Phi) is 5.45. The molecule has 4 aromatic rings. The van der Waals surface area contributed by atoms with E-state index in [2.05, 4.69) is 18.8 Å². The van der Waals surface area contributed by atoms with Gasteiger partial charge in [0.05, 0.1) is 11.9 Å². The fourth-order valence-corrected chi connectivity index (χ4v) is 4.46. The maximum absolute atomic E-state index is 13.5. The number of carbonyl (C=O) groups is 1. The van der Waals surface area contributed by atoms with Gasteiger partial charge in [-0.1, -0.05) is 38.1 Å². The summed E-state index contributed by atoms with van der Waals surface area (Å²) in [5.74, 6) is -0.463. The molecule has 158 valence electrons. The van der Waals surface area contributed by atoms with Crippen molar-refractivity contribution in [3.05, 3.63) is 91.2 Å². The summed E-state index contributed by atoms with van der Waals surface area (Å²) in [4.78, 5) is 41.6. The monoisotopic (exact) mass is 436 g/mol. The zero-order valence-electron chi connectivity index (χ0n) is 17.4. The summed E-state index contributed by atoms with van der Waals surface area (Å²) in [6, 6.07) is 11.9. The summed E-state index contributed by atoms with van der Waals surface area (Å²) in [5, 5.41) is 2.21. The van der Waals surface area contributed by atoms with Crippen LogP contribution < -0.4 is 11.2 Å². The lowest BCUT2D eigenvalue weighted by Gasteiger charge is -2.08. The van der Waals surface area contributed by atoms with Crippen LogP contribution in [0.2, 0.25) is 0 Å². The van der Waals surface area contributed by atoms with Crippen molar-refractivity contribution in [2.75, 3.05) is 0 Å². The summed E-state index contributed by atoms with van der Waals surface area (Å²) >= 11 is 1.28. The minimum Gasteiger partial charge on any atom is -0.298 e. The van der Waals surface area contributed by atoms with Crippen molar-refractivity contribution in [1.82, 2.24) is 9.55 Å². The molecule has 0 radical (unpaired) electrons. The van der Waals surface area contributed by atoms with Crippen molar-refractivity contribution in [3.8, 4) is 11.1 Å². The van der Waals surface area contributed by atoms with Gasteiger partial charge in [0.15, 0.2) is 5.78 Å². The summed E-state index contributed by atoms with van der Waals surface area (Å²) in [5.41, 5.74) is 2.19. The first-order chi connectivity index (χ1) is 14.8. The highest BCUT2D eigenvalue weighted by Gasteiger charge is 2.18. The molecule has 31 heavy (non-hydrogen) atoms. The van der Waals surface area contributed by atoms with Crippen LogP contribution in [-0.4, -0.2) is 15.3 Å². The van der Waals surface area contributed by atoms with Gasteiger partial charge in [0.1, 0.15) is 10.6 Å². The quantitative estimate of drug-likeness (QED) is 0.454. The van der Waals surface area contributed by atoms with E-state index in [-0.39, 0.29) is 5.56 Å². The lowest BCUT2D eigenvalue weighted by atomic mass is 9.99. The largest absolute Gasteiger partial charge is 0.329 e. The fraction of sp³-hybridized carbons (Fsp3) is 0.208. The molecule has 2 heterocycles. The van der Waals surface area contributed by atoms with E-state index in [0.29, 0.717) is 21.7 Å². The second-order valence-electron chi connectivity index (χ2n) is 7.84. The molecule has 5 nitrogen and oxygen atoms in total. The summed E-state index contributed by atoms with van der Waals surface area (Å²) in [6.07, 6.45) is 0. The number of carbonyl (C=O) groups excluding carboxylic acids is 1. The van der Waals surface area contributed by atoms with Crippen LogP contribution in [0.15, 0.2) is 57.4 Å². The van der Waals surface area contributed by atoms with Gasteiger partial charge >= 0.3 is 5.69 Å². The van der Waals surface area contributed by atoms with Crippen LogP contribution in [0.4, 0.5) is 4.39 Å². The van der Waals surface area contributed by atoms with Crippen LogP contribution in [0.3, 0.4) is 0 Å². The molecule has 7 heteroatoms. The highest BCUT2D eigenvalue weighted by atomic mass is 32.1. The Morgan fingerprint density at radius 3 is 2.48 bits per heavy atom. The molecule has 0 fully saturated rings. The third-order valence-corrected chi connectivity index (χ3v) is 6.28. The molecule has 0 aliphatic rings. The highest BCUT2D eigenvalue weighted by Crippen LogP contribution is 2.31. The molecule has 0 bridgehead atoms. The predicted molar refractivity (Wildman–Crippen MR) is 122 cm³/mol. The molecule has 0 aliphatic carbocycles. The number of aryl methyl sites for hydroxylation is 1. The number of fused-ring (bicyclic) bond motifs is 1.